The minimum Gasteiger partial charge on any atom is -0.854 e. The van der Waals surface area contributed by atoms with Gasteiger partial charge in [0.05, 0.1) is 6.10 Å². The Morgan fingerprint density at radius 1 is 1.24 bits per heavy atom. The van der Waals surface area contributed by atoms with E-state index in [1.165, 1.54) is 27.3 Å². The summed E-state index contributed by atoms with van der Waals surface area (Å²) in [6, 6.07) is 6.71. The van der Waals surface area contributed by atoms with Gasteiger partial charge in [-0.1, -0.05) is 64.0 Å². The molecule has 4 N–H and O–H groups in total. The Kier molecular flexibility index (Phi) is 28.3. The number of thiol groups is 1. The molecule has 0 heterocycles. The first-order valence-electron chi connectivity index (χ1n) is 11.7. The summed E-state index contributed by atoms with van der Waals surface area (Å²) in [7, 11) is 0. The summed E-state index contributed by atoms with van der Waals surface area (Å²) in [5, 5.41) is 22.1. The Morgan fingerprint density at radius 3 is 2.30 bits per heavy atom. The maximum Gasteiger partial charge on any atom is 1.00 e. The molecule has 2 rings (SSSR count). The van der Waals surface area contributed by atoms with Crippen LogP contribution in [0.15, 0.2) is 41.0 Å². The summed E-state index contributed by atoms with van der Waals surface area (Å²) < 4.78 is 0. The normalized spacial score (nSPS) is 14.8. The van der Waals surface area contributed by atoms with Gasteiger partial charge in [0.1, 0.15) is 0 Å². The van der Waals surface area contributed by atoms with Crippen molar-refractivity contribution in [3.8, 4) is 0 Å². The number of hydrogen-bond acceptors (Lipinski definition) is 5. The molecule has 2 unspecified atom stereocenters. The zero-order chi connectivity index (χ0) is 24.9. The maximum atomic E-state index is 9.86. The zero-order valence-electron chi connectivity index (χ0n) is 21.9. The molecule has 1 aromatic carbocycles. The molecule has 1 amide bonds. The van der Waals surface area contributed by atoms with Crippen LogP contribution in [-0.2, 0) is 4.79 Å². The van der Waals surface area contributed by atoms with Crippen molar-refractivity contribution in [3.63, 3.8) is 0 Å². The van der Waals surface area contributed by atoms with Gasteiger partial charge in [-0.15, -0.1) is 19.2 Å². The minimum atomic E-state index is -0.350. The molecule has 1 aliphatic rings. The number of carbonyl (C=O) groups excluding carboxylic acids is 1. The van der Waals surface area contributed by atoms with Gasteiger partial charge in [-0.25, -0.2) is 0 Å². The summed E-state index contributed by atoms with van der Waals surface area (Å²) in [6.45, 7) is 13.4. The number of carbonyl (C=O) groups is 1. The number of aliphatic hydroxyl groups excluding tert-OH is 1. The zero-order valence-corrected chi connectivity index (χ0v) is 25.9. The van der Waals surface area contributed by atoms with E-state index in [1.54, 1.807) is 0 Å². The molecule has 7 heteroatoms. The monoisotopic (exact) mass is 504 g/mol. The van der Waals surface area contributed by atoms with Crippen LogP contribution >= 0.6 is 12.6 Å². The van der Waals surface area contributed by atoms with Crippen LogP contribution in [0.3, 0.4) is 0 Å². The molecule has 2 atom stereocenters. The van der Waals surface area contributed by atoms with Crippen LogP contribution in [0.2, 0.25) is 0 Å². The maximum absolute atomic E-state index is 9.86. The SMILES string of the molecule is CC.CCCC(O)CC[O-].CCCNC1=C(S)CC(c2ccc(C)cc2C)C=C1.NC=O.[K+]. The van der Waals surface area contributed by atoms with Gasteiger partial charge in [-0.2, -0.15) is 0 Å². The van der Waals surface area contributed by atoms with Crippen LogP contribution in [0, 0.1) is 13.8 Å². The van der Waals surface area contributed by atoms with Crippen LogP contribution < -0.4 is 67.5 Å². The van der Waals surface area contributed by atoms with Crippen molar-refractivity contribution in [1.82, 2.24) is 5.32 Å². The first-order valence-corrected chi connectivity index (χ1v) is 12.1. The summed E-state index contributed by atoms with van der Waals surface area (Å²) >= 11 is 4.66. The van der Waals surface area contributed by atoms with Crippen LogP contribution in [0.25, 0.3) is 0 Å². The molecule has 0 aliphatic heterocycles. The van der Waals surface area contributed by atoms with Crippen molar-refractivity contribution in [1.29, 1.82) is 0 Å². The van der Waals surface area contributed by atoms with Crippen molar-refractivity contribution < 1.29 is 66.4 Å². The van der Waals surface area contributed by atoms with E-state index in [9.17, 15) is 5.11 Å². The molecular formula is C26H45KN2O3S. The number of nitrogens with one attached hydrogen (secondary N) is 1. The van der Waals surface area contributed by atoms with E-state index in [0.29, 0.717) is 12.3 Å². The molecule has 184 valence electrons. The van der Waals surface area contributed by atoms with Gasteiger partial charge in [0.2, 0.25) is 6.41 Å². The number of nitrogens with two attached hydrogens (primary N) is 1. The molecule has 0 bridgehead atoms. The summed E-state index contributed by atoms with van der Waals surface area (Å²) in [4.78, 5) is 9.75. The average Bonchev–Trinajstić information content (AvgIpc) is 2.76. The molecule has 0 radical (unpaired) electrons. The fourth-order valence-corrected chi connectivity index (χ4v) is 3.53. The van der Waals surface area contributed by atoms with E-state index >= 15 is 0 Å². The molecule has 0 saturated heterocycles. The van der Waals surface area contributed by atoms with Gasteiger partial charge in [-0.3, -0.25) is 4.79 Å². The molecule has 1 aliphatic carbocycles. The third-order valence-corrected chi connectivity index (χ3v) is 5.11. The Morgan fingerprint density at radius 2 is 1.85 bits per heavy atom. The van der Waals surface area contributed by atoms with Gasteiger partial charge < -0.3 is 21.3 Å². The number of hydrogen-bond donors (Lipinski definition) is 4. The standard InChI is InChI=1S/C17H23NS.C6H13O2.C2H6.CH3NO.K/c1-4-9-18-16-8-6-14(11-17(16)19)15-7-5-12(2)10-13(15)3;1-2-3-6(8)4-5-7;1-2;2-1-3;/h5-8,10,14,18-19H,4,9,11H2,1-3H3;6,8H,2-5H2,1H3;1-2H3;1H,(H2,2,3);/q;-1;;;+1. The van der Waals surface area contributed by atoms with Gasteiger partial charge in [0, 0.05) is 23.1 Å². The second-order valence-corrected chi connectivity index (χ2v) is 7.93. The predicted molar refractivity (Wildman–Crippen MR) is 139 cm³/mol. The second kappa shape index (κ2) is 25.0. The number of primary amides is 1. The average molecular weight is 505 g/mol. The van der Waals surface area contributed by atoms with E-state index in [-0.39, 0.29) is 70.5 Å². The summed E-state index contributed by atoms with van der Waals surface area (Å²) in [5.74, 6) is 0.459. The summed E-state index contributed by atoms with van der Waals surface area (Å²) in [6.07, 6.45) is 8.66. The third kappa shape index (κ3) is 17.9. The summed E-state index contributed by atoms with van der Waals surface area (Å²) in [5.41, 5.74) is 9.47. The quantitative estimate of drug-likeness (QED) is 0.245. The van der Waals surface area contributed by atoms with E-state index in [1.807, 2.05) is 20.8 Å². The van der Waals surface area contributed by atoms with Crippen LogP contribution in [-0.4, -0.2) is 30.8 Å². The number of aliphatic hydroxyl groups is 1. The van der Waals surface area contributed by atoms with Crippen molar-refractivity contribution >= 4 is 19.0 Å². The predicted octanol–water partition coefficient (Wildman–Crippen LogP) is 1.52. The Balaban J connectivity index is -0.000000542. The molecule has 0 aromatic heterocycles. The molecule has 0 saturated carbocycles. The fraction of sp³-hybridized carbons (Fsp3) is 0.577. The Labute approximate surface area is 250 Å². The first-order chi connectivity index (χ1) is 15.3. The van der Waals surface area contributed by atoms with E-state index < -0.39 is 0 Å². The Hall–Kier alpha value is -0.124. The smallest absolute Gasteiger partial charge is 0.854 e. The van der Waals surface area contributed by atoms with Crippen molar-refractivity contribution in [2.24, 2.45) is 5.73 Å². The van der Waals surface area contributed by atoms with Gasteiger partial charge >= 0.3 is 51.4 Å². The number of allylic oxidation sites excluding steroid dienone is 3. The molecule has 33 heavy (non-hydrogen) atoms. The third-order valence-electron chi connectivity index (χ3n) is 4.68. The van der Waals surface area contributed by atoms with Gasteiger partial charge in [0.15, 0.2) is 0 Å². The number of benzene rings is 1. The largest absolute Gasteiger partial charge is 1.00 e. The van der Waals surface area contributed by atoms with Crippen LogP contribution in [0.4, 0.5) is 0 Å². The Bertz CT molecular complexity index is 676. The number of rotatable bonds is 8. The number of amides is 1. The van der Waals surface area contributed by atoms with Crippen molar-refractivity contribution in [3.05, 3.63) is 57.6 Å². The van der Waals surface area contributed by atoms with Crippen molar-refractivity contribution in [2.75, 3.05) is 13.2 Å². The van der Waals surface area contributed by atoms with E-state index in [4.69, 9.17) is 9.90 Å². The molecular weight excluding hydrogens is 459 g/mol. The molecule has 0 spiro atoms. The molecule has 0 fully saturated rings. The van der Waals surface area contributed by atoms with Crippen molar-refractivity contribution in [2.45, 2.75) is 85.7 Å². The topological polar surface area (TPSA) is 98.4 Å². The van der Waals surface area contributed by atoms with E-state index in [2.05, 4.69) is 74.8 Å². The van der Waals surface area contributed by atoms with Crippen LogP contribution in [0.5, 0.6) is 0 Å². The second-order valence-electron chi connectivity index (χ2n) is 7.39. The minimum absolute atomic E-state index is 0. The first kappa shape index (κ1) is 37.4. The number of aryl methyl sites for hydroxylation is 2. The van der Waals surface area contributed by atoms with Gasteiger partial charge in [-0.05, 0) is 56.7 Å². The molecule has 5 nitrogen and oxygen atoms in total. The van der Waals surface area contributed by atoms with E-state index in [0.717, 1.165) is 32.2 Å². The fourth-order valence-electron chi connectivity index (χ4n) is 3.18. The van der Waals surface area contributed by atoms with Gasteiger partial charge in [0.25, 0.3) is 0 Å². The van der Waals surface area contributed by atoms with Crippen LogP contribution in [0.1, 0.15) is 82.4 Å². The molecule has 1 aromatic rings.